The minimum Gasteiger partial charge on any atom is -0.375 e. The molecule has 0 saturated carbocycles. The van der Waals surface area contributed by atoms with Gasteiger partial charge in [0, 0.05) is 11.3 Å². The second-order valence-corrected chi connectivity index (χ2v) is 6.24. The van der Waals surface area contributed by atoms with E-state index in [0.717, 1.165) is 22.4 Å². The maximum atomic E-state index is 9.18. The van der Waals surface area contributed by atoms with Crippen LogP contribution in [0, 0.1) is 22.7 Å². The van der Waals surface area contributed by atoms with Crippen LogP contribution < -0.4 is 5.32 Å². The van der Waals surface area contributed by atoms with Crippen molar-refractivity contribution in [2.45, 2.75) is 24.7 Å². The average Bonchev–Trinajstić information content (AvgIpc) is 2.68. The molecule has 2 aromatic carbocycles. The third-order valence-electron chi connectivity index (χ3n) is 4.71. The summed E-state index contributed by atoms with van der Waals surface area (Å²) in [7, 11) is 0. The maximum absolute atomic E-state index is 9.18. The van der Waals surface area contributed by atoms with Crippen molar-refractivity contribution in [2.24, 2.45) is 0 Å². The van der Waals surface area contributed by atoms with Crippen LogP contribution in [0.5, 0.6) is 0 Å². The van der Waals surface area contributed by atoms with Crippen LogP contribution in [-0.2, 0) is 15.9 Å². The highest BCUT2D eigenvalue weighted by atomic mass is 16.6. The molecule has 5 nitrogen and oxygen atoms in total. The van der Waals surface area contributed by atoms with Crippen molar-refractivity contribution in [1.29, 1.82) is 10.5 Å². The molecule has 0 spiro atoms. The molecule has 2 heterocycles. The largest absolute Gasteiger partial charge is 0.375 e. The number of nitrogens with one attached hydrogen (secondary N) is 1. The molecule has 2 aromatic rings. The highest BCUT2D eigenvalue weighted by Gasteiger charge is 2.41. The van der Waals surface area contributed by atoms with E-state index in [0.29, 0.717) is 25.2 Å². The first-order valence-electron chi connectivity index (χ1n) is 8.30. The van der Waals surface area contributed by atoms with E-state index in [1.54, 1.807) is 6.07 Å². The molecule has 124 valence electrons. The number of anilines is 1. The van der Waals surface area contributed by atoms with Gasteiger partial charge in [0.1, 0.15) is 12.2 Å². The van der Waals surface area contributed by atoms with E-state index in [4.69, 9.17) is 14.7 Å². The summed E-state index contributed by atoms with van der Waals surface area (Å²) in [6, 6.07) is 17.8. The second kappa shape index (κ2) is 6.57. The molecule has 4 rings (SSSR count). The highest BCUT2D eigenvalue weighted by molar-refractivity contribution is 5.59. The van der Waals surface area contributed by atoms with Gasteiger partial charge in [-0.15, -0.1) is 0 Å². The molecule has 0 bridgehead atoms. The third-order valence-corrected chi connectivity index (χ3v) is 4.71. The standard InChI is InChI=1S/C20H17N3O2/c21-7-6-13-4-5-17-16(11-13)19-20(25-9-8-24-19)18(23-17)15-3-1-2-14(10-15)12-22/h1-5,10-11,18-20,23H,6,8-9H2. The topological polar surface area (TPSA) is 78.1 Å². The van der Waals surface area contributed by atoms with E-state index in [2.05, 4.69) is 17.5 Å². The quantitative estimate of drug-likeness (QED) is 0.914. The van der Waals surface area contributed by atoms with Crippen molar-refractivity contribution in [3.63, 3.8) is 0 Å². The smallest absolute Gasteiger partial charge is 0.113 e. The zero-order chi connectivity index (χ0) is 17.2. The third kappa shape index (κ3) is 2.85. The fourth-order valence-electron chi connectivity index (χ4n) is 3.58. The molecule has 1 N–H and O–H groups in total. The summed E-state index contributed by atoms with van der Waals surface area (Å²) < 4.78 is 12.1. The predicted octanol–water partition coefficient (Wildman–Crippen LogP) is 3.25. The number of hydrogen-bond acceptors (Lipinski definition) is 5. The molecule has 3 atom stereocenters. The minimum atomic E-state index is -0.181. The molecule has 5 heteroatoms. The van der Waals surface area contributed by atoms with E-state index < -0.39 is 0 Å². The molecule has 25 heavy (non-hydrogen) atoms. The van der Waals surface area contributed by atoms with Gasteiger partial charge in [0.15, 0.2) is 0 Å². The van der Waals surface area contributed by atoms with Gasteiger partial charge in [0.25, 0.3) is 0 Å². The van der Waals surface area contributed by atoms with Crippen LogP contribution in [0.2, 0.25) is 0 Å². The molecule has 1 saturated heterocycles. The van der Waals surface area contributed by atoms with Crippen LogP contribution in [0.25, 0.3) is 0 Å². The molecular formula is C20H17N3O2. The Labute approximate surface area is 146 Å². The molecule has 0 aliphatic carbocycles. The SMILES string of the molecule is N#CCc1ccc2c(c1)C1OCCOC1C(c1cccc(C#N)c1)N2. The van der Waals surface area contributed by atoms with Gasteiger partial charge < -0.3 is 14.8 Å². The summed E-state index contributed by atoms with van der Waals surface area (Å²) in [6.07, 6.45) is 0.0195. The monoisotopic (exact) mass is 331 g/mol. The van der Waals surface area contributed by atoms with Crippen LogP contribution in [0.15, 0.2) is 42.5 Å². The lowest BCUT2D eigenvalue weighted by atomic mass is 9.86. The van der Waals surface area contributed by atoms with Gasteiger partial charge in [-0.3, -0.25) is 0 Å². The lowest BCUT2D eigenvalue weighted by molar-refractivity contribution is -0.151. The average molecular weight is 331 g/mol. The lowest BCUT2D eigenvalue weighted by Gasteiger charge is -2.43. The number of rotatable bonds is 2. The number of nitriles is 2. The normalized spacial score (nSPS) is 24.2. The Morgan fingerprint density at radius 2 is 1.96 bits per heavy atom. The first-order valence-corrected chi connectivity index (χ1v) is 8.30. The van der Waals surface area contributed by atoms with Gasteiger partial charge in [0.2, 0.25) is 0 Å². The van der Waals surface area contributed by atoms with Gasteiger partial charge in [-0.2, -0.15) is 10.5 Å². The summed E-state index contributed by atoms with van der Waals surface area (Å²) in [5.41, 5.74) is 4.63. The van der Waals surface area contributed by atoms with Crippen LogP contribution in [-0.4, -0.2) is 19.3 Å². The summed E-state index contributed by atoms with van der Waals surface area (Å²) >= 11 is 0. The first kappa shape index (κ1) is 15.7. The second-order valence-electron chi connectivity index (χ2n) is 6.24. The molecular weight excluding hydrogens is 314 g/mol. The number of nitrogens with zero attached hydrogens (tertiary/aromatic N) is 2. The molecule has 2 aliphatic rings. The Hall–Kier alpha value is -2.86. The van der Waals surface area contributed by atoms with E-state index >= 15 is 0 Å². The zero-order valence-corrected chi connectivity index (χ0v) is 13.6. The van der Waals surface area contributed by atoms with Crippen LogP contribution >= 0.6 is 0 Å². The van der Waals surface area contributed by atoms with E-state index in [9.17, 15) is 5.26 Å². The predicted molar refractivity (Wildman–Crippen MR) is 91.7 cm³/mol. The van der Waals surface area contributed by atoms with Crippen LogP contribution in [0.4, 0.5) is 5.69 Å². The van der Waals surface area contributed by atoms with Gasteiger partial charge in [-0.05, 0) is 35.4 Å². The Bertz CT molecular complexity index is 881. The number of fused-ring (bicyclic) bond motifs is 3. The van der Waals surface area contributed by atoms with E-state index in [1.165, 1.54) is 0 Å². The van der Waals surface area contributed by atoms with Crippen molar-refractivity contribution >= 4 is 5.69 Å². The van der Waals surface area contributed by atoms with Gasteiger partial charge in [-0.1, -0.05) is 18.2 Å². The molecule has 0 aromatic heterocycles. The van der Waals surface area contributed by atoms with Crippen molar-refractivity contribution in [3.05, 3.63) is 64.7 Å². The Balaban J connectivity index is 1.76. The van der Waals surface area contributed by atoms with Gasteiger partial charge in [-0.25, -0.2) is 0 Å². The Morgan fingerprint density at radius 3 is 2.80 bits per heavy atom. The van der Waals surface area contributed by atoms with Crippen molar-refractivity contribution in [1.82, 2.24) is 0 Å². The number of benzene rings is 2. The van der Waals surface area contributed by atoms with E-state index in [1.807, 2.05) is 36.4 Å². The molecule has 1 fully saturated rings. The van der Waals surface area contributed by atoms with Crippen molar-refractivity contribution in [2.75, 3.05) is 18.5 Å². The van der Waals surface area contributed by atoms with Crippen molar-refractivity contribution < 1.29 is 9.47 Å². The number of ether oxygens (including phenoxy) is 2. The van der Waals surface area contributed by atoms with Gasteiger partial charge in [0.05, 0.1) is 43.4 Å². The summed E-state index contributed by atoms with van der Waals surface area (Å²) in [4.78, 5) is 0. The number of hydrogen-bond donors (Lipinski definition) is 1. The zero-order valence-electron chi connectivity index (χ0n) is 13.6. The molecule has 3 unspecified atom stereocenters. The Kier molecular flexibility index (Phi) is 4.11. The molecule has 2 aliphatic heterocycles. The summed E-state index contributed by atoms with van der Waals surface area (Å²) in [5.74, 6) is 0. The van der Waals surface area contributed by atoms with Gasteiger partial charge >= 0.3 is 0 Å². The Morgan fingerprint density at radius 1 is 1.08 bits per heavy atom. The highest BCUT2D eigenvalue weighted by Crippen LogP contribution is 2.44. The fourth-order valence-corrected chi connectivity index (χ4v) is 3.58. The lowest BCUT2D eigenvalue weighted by Crippen LogP contribution is -2.43. The summed E-state index contributed by atoms with van der Waals surface area (Å²) in [6.45, 7) is 1.10. The summed E-state index contributed by atoms with van der Waals surface area (Å²) in [5, 5.41) is 21.7. The minimum absolute atomic E-state index is 0.0899. The molecule has 0 amide bonds. The van der Waals surface area contributed by atoms with E-state index in [-0.39, 0.29) is 18.2 Å². The first-order chi connectivity index (χ1) is 12.3. The molecule has 0 radical (unpaired) electrons. The fraction of sp³-hybridized carbons (Fsp3) is 0.300. The maximum Gasteiger partial charge on any atom is 0.113 e. The van der Waals surface area contributed by atoms with Crippen LogP contribution in [0.3, 0.4) is 0 Å². The van der Waals surface area contributed by atoms with Crippen molar-refractivity contribution in [3.8, 4) is 12.1 Å². The van der Waals surface area contributed by atoms with Crippen LogP contribution in [0.1, 0.15) is 34.4 Å².